The van der Waals surface area contributed by atoms with Crippen LogP contribution in [0, 0.1) is 6.92 Å². The van der Waals surface area contributed by atoms with Crippen LogP contribution in [0.2, 0.25) is 0 Å². The number of carbonyl (C=O) groups excluding carboxylic acids is 2. The van der Waals surface area contributed by atoms with Crippen LogP contribution in [0.15, 0.2) is 34.9 Å². The first-order valence-electron chi connectivity index (χ1n) is 6.71. The van der Waals surface area contributed by atoms with E-state index in [1.165, 1.54) is 0 Å². The van der Waals surface area contributed by atoms with Crippen molar-refractivity contribution in [3.63, 3.8) is 0 Å². The summed E-state index contributed by atoms with van der Waals surface area (Å²) in [6.07, 6.45) is 0. The zero-order valence-electron chi connectivity index (χ0n) is 12.3. The Morgan fingerprint density at radius 1 is 1.36 bits per heavy atom. The van der Waals surface area contributed by atoms with Gasteiger partial charge in [-0.25, -0.2) is 0 Å². The SMILES string of the molecule is Cc1cc(C(=O)NC(C)c2ccc(OCC(N)=O)cc2)no1. The molecule has 1 unspecified atom stereocenters. The molecule has 0 saturated carbocycles. The molecule has 0 radical (unpaired) electrons. The maximum Gasteiger partial charge on any atom is 0.273 e. The zero-order valence-corrected chi connectivity index (χ0v) is 12.3. The van der Waals surface area contributed by atoms with E-state index >= 15 is 0 Å². The molecular formula is C15H17N3O4. The molecule has 1 aromatic carbocycles. The van der Waals surface area contributed by atoms with E-state index in [1.54, 1.807) is 37.3 Å². The van der Waals surface area contributed by atoms with Gasteiger partial charge in [-0.15, -0.1) is 0 Å². The van der Waals surface area contributed by atoms with Crippen molar-refractivity contribution in [3.8, 4) is 5.75 Å². The van der Waals surface area contributed by atoms with Crippen molar-refractivity contribution in [3.05, 3.63) is 47.3 Å². The summed E-state index contributed by atoms with van der Waals surface area (Å²) in [5.74, 6) is 0.271. The number of carbonyl (C=O) groups is 2. The van der Waals surface area contributed by atoms with Crippen molar-refractivity contribution in [2.75, 3.05) is 6.61 Å². The highest BCUT2D eigenvalue weighted by Crippen LogP contribution is 2.18. The second-order valence-electron chi connectivity index (χ2n) is 4.84. The molecule has 2 aromatic rings. The summed E-state index contributed by atoms with van der Waals surface area (Å²) in [4.78, 5) is 22.6. The maximum absolute atomic E-state index is 12.0. The number of aromatic nitrogens is 1. The number of ether oxygens (including phenoxy) is 1. The molecule has 0 spiro atoms. The first-order valence-corrected chi connectivity index (χ1v) is 6.71. The predicted molar refractivity (Wildman–Crippen MR) is 78.3 cm³/mol. The molecule has 7 heteroatoms. The summed E-state index contributed by atoms with van der Waals surface area (Å²) < 4.78 is 10.0. The van der Waals surface area contributed by atoms with E-state index < -0.39 is 5.91 Å². The van der Waals surface area contributed by atoms with E-state index in [0.29, 0.717) is 11.5 Å². The van der Waals surface area contributed by atoms with E-state index in [0.717, 1.165) is 5.56 Å². The van der Waals surface area contributed by atoms with Gasteiger partial charge < -0.3 is 20.3 Å². The molecular weight excluding hydrogens is 286 g/mol. The molecule has 2 rings (SSSR count). The number of primary amides is 1. The lowest BCUT2D eigenvalue weighted by Crippen LogP contribution is -2.26. The highest BCUT2D eigenvalue weighted by molar-refractivity contribution is 5.92. The van der Waals surface area contributed by atoms with Gasteiger partial charge >= 0.3 is 0 Å². The second-order valence-corrected chi connectivity index (χ2v) is 4.84. The van der Waals surface area contributed by atoms with Gasteiger partial charge in [0.1, 0.15) is 11.5 Å². The average molecular weight is 303 g/mol. The molecule has 0 aliphatic heterocycles. The quantitative estimate of drug-likeness (QED) is 0.837. The van der Waals surface area contributed by atoms with Gasteiger partial charge in [-0.3, -0.25) is 9.59 Å². The van der Waals surface area contributed by atoms with Crippen molar-refractivity contribution in [1.29, 1.82) is 0 Å². The first kappa shape index (κ1) is 15.6. The number of aryl methyl sites for hydroxylation is 1. The summed E-state index contributed by atoms with van der Waals surface area (Å²) in [5.41, 5.74) is 6.14. The van der Waals surface area contributed by atoms with E-state index in [2.05, 4.69) is 10.5 Å². The van der Waals surface area contributed by atoms with Crippen LogP contribution in [0.3, 0.4) is 0 Å². The van der Waals surface area contributed by atoms with E-state index in [1.807, 2.05) is 6.92 Å². The van der Waals surface area contributed by atoms with Gasteiger partial charge in [-0.1, -0.05) is 17.3 Å². The Hall–Kier alpha value is -2.83. The van der Waals surface area contributed by atoms with Gasteiger partial charge in [0.2, 0.25) is 0 Å². The monoisotopic (exact) mass is 303 g/mol. The van der Waals surface area contributed by atoms with Crippen molar-refractivity contribution in [1.82, 2.24) is 10.5 Å². The van der Waals surface area contributed by atoms with Crippen LogP contribution in [0.5, 0.6) is 5.75 Å². The molecule has 0 bridgehead atoms. The molecule has 1 atom stereocenters. The van der Waals surface area contributed by atoms with E-state index in [9.17, 15) is 9.59 Å². The van der Waals surface area contributed by atoms with Crippen LogP contribution in [0.4, 0.5) is 0 Å². The van der Waals surface area contributed by atoms with Crippen molar-refractivity contribution in [2.45, 2.75) is 19.9 Å². The third-order valence-corrected chi connectivity index (χ3v) is 2.97. The molecule has 0 aliphatic rings. The molecule has 1 aromatic heterocycles. The number of amides is 2. The standard InChI is InChI=1S/C15H17N3O4/c1-9-7-13(18-22-9)15(20)17-10(2)11-3-5-12(6-4-11)21-8-14(16)19/h3-7,10H,8H2,1-2H3,(H2,16,19)(H,17,20). The fraction of sp³-hybridized carbons (Fsp3) is 0.267. The molecule has 3 N–H and O–H groups in total. The number of rotatable bonds is 6. The van der Waals surface area contributed by atoms with Crippen LogP contribution in [-0.4, -0.2) is 23.6 Å². The van der Waals surface area contributed by atoms with E-state index in [4.69, 9.17) is 15.0 Å². The summed E-state index contributed by atoms with van der Waals surface area (Å²) in [6.45, 7) is 3.40. The van der Waals surface area contributed by atoms with Crippen LogP contribution >= 0.6 is 0 Å². The lowest BCUT2D eigenvalue weighted by Gasteiger charge is -2.14. The fourth-order valence-electron chi connectivity index (χ4n) is 1.83. The van der Waals surface area contributed by atoms with Crippen molar-refractivity contribution >= 4 is 11.8 Å². The van der Waals surface area contributed by atoms with Gasteiger partial charge in [-0.05, 0) is 31.5 Å². The number of benzene rings is 1. The van der Waals surface area contributed by atoms with Gasteiger partial charge in [0, 0.05) is 6.07 Å². The summed E-state index contributed by atoms with van der Waals surface area (Å²) >= 11 is 0. The molecule has 0 saturated heterocycles. The van der Waals surface area contributed by atoms with Crippen molar-refractivity contribution in [2.24, 2.45) is 5.73 Å². The predicted octanol–water partition coefficient (Wildman–Crippen LogP) is 1.34. The van der Waals surface area contributed by atoms with Gasteiger partial charge in [0.15, 0.2) is 12.3 Å². The minimum Gasteiger partial charge on any atom is -0.484 e. The third-order valence-electron chi connectivity index (χ3n) is 2.97. The van der Waals surface area contributed by atoms with E-state index in [-0.39, 0.29) is 24.2 Å². The van der Waals surface area contributed by atoms with Gasteiger partial charge in [0.05, 0.1) is 6.04 Å². The van der Waals surface area contributed by atoms with Crippen LogP contribution in [0.25, 0.3) is 0 Å². The molecule has 2 amide bonds. The minimum atomic E-state index is -0.535. The highest BCUT2D eigenvalue weighted by Gasteiger charge is 2.14. The Kier molecular flexibility index (Phi) is 4.77. The Bertz CT molecular complexity index is 664. The molecule has 0 aliphatic carbocycles. The summed E-state index contributed by atoms with van der Waals surface area (Å²) in [7, 11) is 0. The third kappa shape index (κ3) is 4.08. The average Bonchev–Trinajstić information content (AvgIpc) is 2.92. The Morgan fingerprint density at radius 2 is 2.05 bits per heavy atom. The minimum absolute atomic E-state index is 0.169. The normalized spacial score (nSPS) is 11.7. The number of nitrogens with two attached hydrogens (primary N) is 1. The van der Waals surface area contributed by atoms with Crippen molar-refractivity contribution < 1.29 is 18.8 Å². The van der Waals surface area contributed by atoms with Crippen LogP contribution in [0.1, 0.15) is 34.8 Å². The van der Waals surface area contributed by atoms with Crippen LogP contribution in [-0.2, 0) is 4.79 Å². The zero-order chi connectivity index (χ0) is 16.1. The fourth-order valence-corrected chi connectivity index (χ4v) is 1.83. The smallest absolute Gasteiger partial charge is 0.273 e. The number of nitrogens with one attached hydrogen (secondary N) is 1. The Labute approximate surface area is 127 Å². The molecule has 0 fully saturated rings. The number of hydrogen-bond donors (Lipinski definition) is 2. The largest absolute Gasteiger partial charge is 0.484 e. The topological polar surface area (TPSA) is 107 Å². The molecule has 7 nitrogen and oxygen atoms in total. The summed E-state index contributed by atoms with van der Waals surface area (Å²) in [5, 5.41) is 6.49. The lowest BCUT2D eigenvalue weighted by molar-refractivity contribution is -0.119. The molecule has 1 heterocycles. The first-order chi connectivity index (χ1) is 10.5. The maximum atomic E-state index is 12.0. The highest BCUT2D eigenvalue weighted by atomic mass is 16.5. The van der Waals surface area contributed by atoms with Gasteiger partial charge in [-0.2, -0.15) is 0 Å². The Morgan fingerprint density at radius 3 is 2.59 bits per heavy atom. The molecule has 22 heavy (non-hydrogen) atoms. The number of hydrogen-bond acceptors (Lipinski definition) is 5. The molecule has 116 valence electrons. The van der Waals surface area contributed by atoms with Gasteiger partial charge in [0.25, 0.3) is 11.8 Å². The summed E-state index contributed by atoms with van der Waals surface area (Å²) in [6, 6.07) is 8.38. The lowest BCUT2D eigenvalue weighted by atomic mass is 10.1. The second kappa shape index (κ2) is 6.75. The van der Waals surface area contributed by atoms with Crippen LogP contribution < -0.4 is 15.8 Å². The number of nitrogens with zero attached hydrogens (tertiary/aromatic N) is 1. The Balaban J connectivity index is 1.96.